The minimum Gasteiger partial charge on any atom is -0.476 e. The zero-order valence-electron chi connectivity index (χ0n) is 9.70. The van der Waals surface area contributed by atoms with Crippen molar-refractivity contribution in [1.82, 2.24) is 20.3 Å². The fourth-order valence-corrected chi connectivity index (χ4v) is 1.74. The minimum atomic E-state index is -1.16. The van der Waals surface area contributed by atoms with Crippen LogP contribution in [-0.2, 0) is 16.1 Å². The number of amides is 1. The molecule has 0 atom stereocenters. The third kappa shape index (κ3) is 3.27. The van der Waals surface area contributed by atoms with Crippen LogP contribution in [0.3, 0.4) is 0 Å². The molecule has 1 saturated heterocycles. The Bertz CT molecular complexity index is 439. The average Bonchev–Trinajstić information content (AvgIpc) is 2.78. The lowest BCUT2D eigenvalue weighted by atomic mass is 10.1. The largest absolute Gasteiger partial charge is 0.476 e. The Morgan fingerprint density at radius 3 is 2.83 bits per heavy atom. The fourth-order valence-electron chi connectivity index (χ4n) is 1.74. The number of carbonyl (C=O) groups is 2. The van der Waals surface area contributed by atoms with Gasteiger partial charge >= 0.3 is 5.97 Å². The normalized spacial score (nSPS) is 16.4. The Balaban J connectivity index is 1.84. The van der Waals surface area contributed by atoms with Crippen molar-refractivity contribution >= 4 is 11.9 Å². The summed E-state index contributed by atoms with van der Waals surface area (Å²) < 4.78 is 6.39. The average molecular weight is 254 g/mol. The number of hydrogen-bond acceptors (Lipinski definition) is 5. The molecule has 98 valence electrons. The van der Waals surface area contributed by atoms with Crippen molar-refractivity contribution in [2.75, 3.05) is 13.2 Å². The number of aromatic nitrogens is 3. The monoisotopic (exact) mass is 254 g/mol. The number of nitrogens with one attached hydrogen (secondary N) is 1. The molecule has 0 aliphatic carbocycles. The minimum absolute atomic E-state index is 0.0301. The van der Waals surface area contributed by atoms with E-state index in [0.29, 0.717) is 13.2 Å². The standard InChI is InChI=1S/C10H14N4O4/c15-9(11-7-1-3-18-4-2-7)6-14-5-8(10(16)17)12-13-14/h5,7H,1-4,6H2,(H,11,15)(H,16,17). The first-order chi connectivity index (χ1) is 8.65. The van der Waals surface area contributed by atoms with Crippen LogP contribution >= 0.6 is 0 Å². The molecule has 1 aromatic heterocycles. The van der Waals surface area contributed by atoms with Gasteiger partial charge in [-0.15, -0.1) is 5.10 Å². The Kier molecular flexibility index (Phi) is 3.88. The van der Waals surface area contributed by atoms with Gasteiger partial charge in [-0.3, -0.25) is 4.79 Å². The van der Waals surface area contributed by atoms with E-state index >= 15 is 0 Å². The van der Waals surface area contributed by atoms with Crippen molar-refractivity contribution in [2.24, 2.45) is 0 Å². The first-order valence-electron chi connectivity index (χ1n) is 5.65. The van der Waals surface area contributed by atoms with Crippen LogP contribution in [0.4, 0.5) is 0 Å². The van der Waals surface area contributed by atoms with Crippen molar-refractivity contribution in [3.63, 3.8) is 0 Å². The Morgan fingerprint density at radius 1 is 1.50 bits per heavy atom. The lowest BCUT2D eigenvalue weighted by Crippen LogP contribution is -2.40. The van der Waals surface area contributed by atoms with Gasteiger partial charge in [0, 0.05) is 19.3 Å². The molecule has 0 unspecified atom stereocenters. The second kappa shape index (κ2) is 5.58. The highest BCUT2D eigenvalue weighted by Crippen LogP contribution is 2.06. The topological polar surface area (TPSA) is 106 Å². The third-order valence-corrected chi connectivity index (χ3v) is 2.65. The van der Waals surface area contributed by atoms with Gasteiger partial charge in [-0.1, -0.05) is 5.21 Å². The summed E-state index contributed by atoms with van der Waals surface area (Å²) >= 11 is 0. The van der Waals surface area contributed by atoms with Crippen LogP contribution in [0.25, 0.3) is 0 Å². The number of nitrogens with zero attached hydrogens (tertiary/aromatic N) is 3. The molecular formula is C10H14N4O4. The predicted octanol–water partition coefficient (Wildman–Crippen LogP) is -0.728. The number of carbonyl (C=O) groups excluding carboxylic acids is 1. The number of carboxylic acid groups (broad SMARTS) is 1. The van der Waals surface area contributed by atoms with E-state index in [1.165, 1.54) is 10.9 Å². The zero-order valence-corrected chi connectivity index (χ0v) is 9.70. The van der Waals surface area contributed by atoms with E-state index in [1.54, 1.807) is 0 Å². The van der Waals surface area contributed by atoms with Crippen LogP contribution in [0.5, 0.6) is 0 Å². The van der Waals surface area contributed by atoms with Gasteiger partial charge in [-0.25, -0.2) is 9.48 Å². The molecule has 1 aliphatic rings. The number of aromatic carboxylic acids is 1. The van der Waals surface area contributed by atoms with Crippen LogP contribution in [0.1, 0.15) is 23.3 Å². The quantitative estimate of drug-likeness (QED) is 0.733. The highest BCUT2D eigenvalue weighted by atomic mass is 16.5. The first-order valence-corrected chi connectivity index (χ1v) is 5.65. The maximum absolute atomic E-state index is 11.7. The predicted molar refractivity (Wildman–Crippen MR) is 59.0 cm³/mol. The van der Waals surface area contributed by atoms with Crippen molar-refractivity contribution < 1.29 is 19.4 Å². The van der Waals surface area contributed by atoms with Gasteiger partial charge in [0.15, 0.2) is 5.69 Å². The number of ether oxygens (including phenoxy) is 1. The van der Waals surface area contributed by atoms with Gasteiger partial charge in [-0.05, 0) is 12.8 Å². The second-order valence-corrected chi connectivity index (χ2v) is 4.06. The fraction of sp³-hybridized carbons (Fsp3) is 0.600. The molecule has 1 aliphatic heterocycles. The Morgan fingerprint density at radius 2 is 2.22 bits per heavy atom. The third-order valence-electron chi connectivity index (χ3n) is 2.65. The van der Waals surface area contributed by atoms with Crippen LogP contribution in [0.2, 0.25) is 0 Å². The van der Waals surface area contributed by atoms with Gasteiger partial charge < -0.3 is 15.2 Å². The van der Waals surface area contributed by atoms with E-state index in [4.69, 9.17) is 9.84 Å². The SMILES string of the molecule is O=C(Cn1cc(C(=O)O)nn1)NC1CCOCC1. The van der Waals surface area contributed by atoms with Crippen LogP contribution in [0, 0.1) is 0 Å². The van der Waals surface area contributed by atoms with Gasteiger partial charge in [0.25, 0.3) is 0 Å². The van der Waals surface area contributed by atoms with Crippen molar-refractivity contribution in [1.29, 1.82) is 0 Å². The van der Waals surface area contributed by atoms with E-state index in [1.807, 2.05) is 0 Å². The van der Waals surface area contributed by atoms with Crippen LogP contribution in [0.15, 0.2) is 6.20 Å². The van der Waals surface area contributed by atoms with E-state index in [2.05, 4.69) is 15.6 Å². The zero-order chi connectivity index (χ0) is 13.0. The van der Waals surface area contributed by atoms with Crippen molar-refractivity contribution in [2.45, 2.75) is 25.4 Å². The van der Waals surface area contributed by atoms with E-state index in [9.17, 15) is 9.59 Å². The molecule has 0 saturated carbocycles. The van der Waals surface area contributed by atoms with E-state index in [-0.39, 0.29) is 24.2 Å². The lowest BCUT2D eigenvalue weighted by molar-refractivity contribution is -0.123. The molecule has 0 spiro atoms. The molecule has 0 aromatic carbocycles. The van der Waals surface area contributed by atoms with Crippen molar-refractivity contribution in [3.05, 3.63) is 11.9 Å². The molecule has 2 rings (SSSR count). The Labute approximate surface area is 103 Å². The van der Waals surface area contributed by atoms with Gasteiger partial charge in [0.1, 0.15) is 6.54 Å². The van der Waals surface area contributed by atoms with Gasteiger partial charge in [0.2, 0.25) is 5.91 Å². The molecule has 1 fully saturated rings. The number of hydrogen-bond donors (Lipinski definition) is 2. The lowest BCUT2D eigenvalue weighted by Gasteiger charge is -2.22. The summed E-state index contributed by atoms with van der Waals surface area (Å²) in [5.74, 6) is -1.37. The van der Waals surface area contributed by atoms with Crippen LogP contribution < -0.4 is 5.32 Å². The summed E-state index contributed by atoms with van der Waals surface area (Å²) in [5, 5.41) is 18.5. The van der Waals surface area contributed by atoms with Gasteiger partial charge in [-0.2, -0.15) is 0 Å². The molecule has 8 nitrogen and oxygen atoms in total. The molecule has 0 bridgehead atoms. The maximum Gasteiger partial charge on any atom is 0.358 e. The highest BCUT2D eigenvalue weighted by molar-refractivity contribution is 5.84. The summed E-state index contributed by atoms with van der Waals surface area (Å²) in [4.78, 5) is 22.3. The molecule has 1 aromatic rings. The first kappa shape index (κ1) is 12.5. The summed E-state index contributed by atoms with van der Waals surface area (Å²) in [6, 6.07) is 0.119. The smallest absolute Gasteiger partial charge is 0.358 e. The van der Waals surface area contributed by atoms with Gasteiger partial charge in [0.05, 0.1) is 6.20 Å². The summed E-state index contributed by atoms with van der Waals surface area (Å²) in [7, 11) is 0. The van der Waals surface area contributed by atoms with Crippen LogP contribution in [-0.4, -0.2) is 51.2 Å². The molecule has 8 heteroatoms. The number of rotatable bonds is 4. The summed E-state index contributed by atoms with van der Waals surface area (Å²) in [6.45, 7) is 1.27. The molecule has 18 heavy (non-hydrogen) atoms. The molecule has 1 amide bonds. The molecular weight excluding hydrogens is 240 g/mol. The maximum atomic E-state index is 11.7. The van der Waals surface area contributed by atoms with E-state index < -0.39 is 5.97 Å². The van der Waals surface area contributed by atoms with E-state index in [0.717, 1.165) is 12.8 Å². The van der Waals surface area contributed by atoms with Crippen molar-refractivity contribution in [3.8, 4) is 0 Å². The number of carboxylic acids is 1. The second-order valence-electron chi connectivity index (χ2n) is 4.06. The Hall–Kier alpha value is -1.96. The molecule has 2 heterocycles. The molecule has 0 radical (unpaired) electrons. The summed E-state index contributed by atoms with van der Waals surface area (Å²) in [6.07, 6.45) is 2.82. The molecule has 2 N–H and O–H groups in total. The highest BCUT2D eigenvalue weighted by Gasteiger charge is 2.17. The summed E-state index contributed by atoms with van der Waals surface area (Å²) in [5.41, 5.74) is -0.172.